The SMILES string of the molecule is NC(N)=NC(=O)c1nc(Cl)c(N)nc1N.NS(=O)(=O)c1cc(C2(O)NC(=O)c3ccccc32)ccc1Cl. The maximum Gasteiger partial charge on any atom is 0.302 e. The van der Waals surface area contributed by atoms with Gasteiger partial charge in [0.2, 0.25) is 10.0 Å². The molecule has 37 heavy (non-hydrogen) atoms. The molecule has 1 atom stereocenters. The van der Waals surface area contributed by atoms with E-state index in [9.17, 15) is 23.1 Å². The first-order valence-corrected chi connectivity index (χ1v) is 12.1. The minimum Gasteiger partial charge on any atom is -0.382 e. The Morgan fingerprint density at radius 1 is 1.05 bits per heavy atom. The van der Waals surface area contributed by atoms with Gasteiger partial charge in [0.05, 0.1) is 5.02 Å². The maximum absolute atomic E-state index is 12.0. The number of sulfonamides is 1. The minimum atomic E-state index is -4.06. The van der Waals surface area contributed by atoms with Gasteiger partial charge in [-0.3, -0.25) is 9.59 Å². The highest BCUT2D eigenvalue weighted by molar-refractivity contribution is 7.89. The number of amides is 2. The van der Waals surface area contributed by atoms with Crippen LogP contribution < -0.4 is 33.4 Å². The molecule has 2 heterocycles. The summed E-state index contributed by atoms with van der Waals surface area (Å²) in [5.41, 5.74) is 19.4. The third-order valence-electron chi connectivity index (χ3n) is 4.85. The van der Waals surface area contributed by atoms with Crippen molar-refractivity contribution in [3.63, 3.8) is 0 Å². The van der Waals surface area contributed by atoms with Crippen molar-refractivity contribution in [3.8, 4) is 0 Å². The molecule has 0 spiro atoms. The average Bonchev–Trinajstić information content (AvgIpc) is 3.07. The predicted molar refractivity (Wildman–Crippen MR) is 136 cm³/mol. The van der Waals surface area contributed by atoms with Crippen LogP contribution in [0.5, 0.6) is 0 Å². The summed E-state index contributed by atoms with van der Waals surface area (Å²) in [6.07, 6.45) is 0. The quantitative estimate of drug-likeness (QED) is 0.158. The van der Waals surface area contributed by atoms with E-state index in [1.165, 1.54) is 12.1 Å². The van der Waals surface area contributed by atoms with Crippen LogP contribution in [-0.2, 0) is 15.7 Å². The van der Waals surface area contributed by atoms with Crippen LogP contribution in [0.4, 0.5) is 11.6 Å². The van der Waals surface area contributed by atoms with Crippen LogP contribution in [0.3, 0.4) is 0 Å². The molecule has 3 aromatic rings. The Labute approximate surface area is 219 Å². The molecule has 194 valence electrons. The van der Waals surface area contributed by atoms with Crippen LogP contribution >= 0.6 is 23.2 Å². The molecule has 0 saturated carbocycles. The molecular weight excluding hydrogens is 549 g/mol. The van der Waals surface area contributed by atoms with Crippen molar-refractivity contribution in [2.24, 2.45) is 21.6 Å². The first kappa shape index (κ1) is 27.6. The number of hydrogen-bond acceptors (Lipinski definition) is 9. The molecule has 0 fully saturated rings. The van der Waals surface area contributed by atoms with E-state index in [0.717, 1.165) is 6.07 Å². The van der Waals surface area contributed by atoms with Gasteiger partial charge < -0.3 is 33.4 Å². The Morgan fingerprint density at radius 3 is 2.32 bits per heavy atom. The lowest BCUT2D eigenvalue weighted by atomic mass is 9.94. The number of primary sulfonamides is 1. The predicted octanol–water partition coefficient (Wildman–Crippen LogP) is -0.368. The Hall–Kier alpha value is -4.02. The van der Waals surface area contributed by atoms with Gasteiger partial charge in [-0.05, 0) is 18.2 Å². The van der Waals surface area contributed by atoms with E-state index in [-0.39, 0.29) is 38.0 Å². The zero-order valence-corrected chi connectivity index (χ0v) is 20.8. The molecule has 1 aliphatic rings. The normalized spacial score (nSPS) is 16.2. The van der Waals surface area contributed by atoms with Gasteiger partial charge in [-0.2, -0.15) is 4.99 Å². The number of anilines is 2. The number of guanidine groups is 1. The van der Waals surface area contributed by atoms with E-state index < -0.39 is 33.5 Å². The number of nitrogens with two attached hydrogens (primary N) is 5. The van der Waals surface area contributed by atoms with E-state index in [1.807, 2.05) is 0 Å². The Bertz CT molecular complexity index is 1560. The highest BCUT2D eigenvalue weighted by Gasteiger charge is 2.43. The molecule has 1 aromatic heterocycles. The number of aromatic nitrogens is 2. The van der Waals surface area contributed by atoms with E-state index >= 15 is 0 Å². The Kier molecular flexibility index (Phi) is 7.56. The first-order valence-electron chi connectivity index (χ1n) is 9.84. The van der Waals surface area contributed by atoms with Crippen molar-refractivity contribution in [3.05, 3.63) is 75.0 Å². The zero-order valence-electron chi connectivity index (χ0n) is 18.5. The summed E-state index contributed by atoms with van der Waals surface area (Å²) in [5.74, 6) is -1.96. The Morgan fingerprint density at radius 2 is 1.70 bits per heavy atom. The molecule has 2 amide bonds. The molecular formula is C20H19Cl2N9O5S. The molecule has 17 heteroatoms. The molecule has 14 nitrogen and oxygen atoms in total. The second kappa shape index (κ2) is 10.2. The fourth-order valence-electron chi connectivity index (χ4n) is 3.24. The number of rotatable bonds is 3. The highest BCUT2D eigenvalue weighted by Crippen LogP contribution is 2.36. The van der Waals surface area contributed by atoms with Crippen LogP contribution in [0.25, 0.3) is 0 Å². The highest BCUT2D eigenvalue weighted by atomic mass is 35.5. The van der Waals surface area contributed by atoms with Gasteiger partial charge >= 0.3 is 5.91 Å². The topological polar surface area (TPSA) is 269 Å². The Balaban J connectivity index is 0.000000222. The monoisotopic (exact) mass is 567 g/mol. The van der Waals surface area contributed by atoms with Gasteiger partial charge in [-0.25, -0.2) is 23.5 Å². The summed E-state index contributed by atoms with van der Waals surface area (Å²) in [6.45, 7) is 0. The number of benzene rings is 2. The lowest BCUT2D eigenvalue weighted by molar-refractivity contribution is 0.0474. The second-order valence-corrected chi connectivity index (χ2v) is 9.67. The fraction of sp³-hybridized carbons (Fsp3) is 0.0500. The summed E-state index contributed by atoms with van der Waals surface area (Å²) < 4.78 is 23.1. The van der Waals surface area contributed by atoms with Gasteiger partial charge in [0, 0.05) is 16.7 Å². The van der Waals surface area contributed by atoms with Crippen molar-refractivity contribution in [2.45, 2.75) is 10.6 Å². The van der Waals surface area contributed by atoms with Crippen molar-refractivity contribution in [1.29, 1.82) is 0 Å². The zero-order chi connectivity index (χ0) is 27.7. The number of aliphatic imine (C=N–C) groups is 1. The molecule has 2 aromatic carbocycles. The molecule has 12 N–H and O–H groups in total. The summed E-state index contributed by atoms with van der Waals surface area (Å²) in [7, 11) is -4.06. The first-order chi connectivity index (χ1) is 17.1. The van der Waals surface area contributed by atoms with Crippen LogP contribution in [0.15, 0.2) is 52.4 Å². The number of halogens is 2. The summed E-state index contributed by atoms with van der Waals surface area (Å²) in [6, 6.07) is 10.4. The smallest absolute Gasteiger partial charge is 0.302 e. The number of aliphatic hydroxyl groups is 1. The van der Waals surface area contributed by atoms with Crippen molar-refractivity contribution < 1.29 is 23.1 Å². The summed E-state index contributed by atoms with van der Waals surface area (Å²) in [5, 5.41) is 18.2. The summed E-state index contributed by atoms with van der Waals surface area (Å²) >= 11 is 11.4. The lowest BCUT2D eigenvalue weighted by Gasteiger charge is -2.25. The molecule has 1 aliphatic heterocycles. The van der Waals surface area contributed by atoms with Crippen LogP contribution in [0.1, 0.15) is 32.0 Å². The maximum atomic E-state index is 12.0. The van der Waals surface area contributed by atoms with Gasteiger partial charge in [0.1, 0.15) is 4.90 Å². The average molecular weight is 568 g/mol. The molecule has 0 aliphatic carbocycles. The fourth-order valence-corrected chi connectivity index (χ4v) is 4.44. The van der Waals surface area contributed by atoms with Crippen LogP contribution in [0, 0.1) is 0 Å². The van der Waals surface area contributed by atoms with Crippen molar-refractivity contribution in [2.75, 3.05) is 11.5 Å². The number of nitrogen functional groups attached to an aromatic ring is 2. The molecule has 0 saturated heterocycles. The standard InChI is InChI=1S/C14H11ClN2O4S.C6H8ClN7O/c15-11-6-5-8(7-12(11)22(16,20)21)14(19)10-4-2-1-3-9(10)13(18)17-14;7-2-4(9)13-3(8)1(12-2)5(15)14-6(10)11/h1-7,19H,(H,17,18)(H2,16,20,21);(H4,8,9,13)(H4,10,11,14,15). The number of nitrogens with one attached hydrogen (secondary N) is 1. The van der Waals surface area contributed by atoms with Gasteiger partial charge in [-0.15, -0.1) is 0 Å². The second-order valence-electron chi connectivity index (χ2n) is 7.38. The van der Waals surface area contributed by atoms with Gasteiger partial charge in [0.15, 0.2) is 34.2 Å². The third kappa shape index (κ3) is 5.71. The number of hydrogen-bond donors (Lipinski definition) is 7. The van der Waals surface area contributed by atoms with Crippen LogP contribution in [0.2, 0.25) is 10.2 Å². The largest absolute Gasteiger partial charge is 0.382 e. The van der Waals surface area contributed by atoms with E-state index in [0.29, 0.717) is 11.1 Å². The number of fused-ring (bicyclic) bond motifs is 1. The van der Waals surface area contributed by atoms with Crippen molar-refractivity contribution >= 4 is 62.6 Å². The summed E-state index contributed by atoms with van der Waals surface area (Å²) in [4.78, 5) is 33.4. The number of carbonyl (C=O) groups is 2. The lowest BCUT2D eigenvalue weighted by Crippen LogP contribution is -2.40. The van der Waals surface area contributed by atoms with E-state index in [1.54, 1.807) is 24.3 Å². The number of nitrogens with zero attached hydrogens (tertiary/aromatic N) is 3. The van der Waals surface area contributed by atoms with E-state index in [2.05, 4.69) is 20.3 Å². The minimum absolute atomic E-state index is 0.0625. The van der Waals surface area contributed by atoms with Crippen molar-refractivity contribution in [1.82, 2.24) is 15.3 Å². The molecule has 0 bridgehead atoms. The number of carbonyl (C=O) groups excluding carboxylic acids is 2. The van der Waals surface area contributed by atoms with E-state index in [4.69, 9.17) is 51.3 Å². The van der Waals surface area contributed by atoms with Crippen LogP contribution in [-0.4, -0.2) is 41.3 Å². The van der Waals surface area contributed by atoms with Gasteiger partial charge in [0.25, 0.3) is 5.91 Å². The molecule has 0 radical (unpaired) electrons. The third-order valence-corrected chi connectivity index (χ3v) is 6.52. The molecule has 4 rings (SSSR count). The van der Waals surface area contributed by atoms with Gasteiger partial charge in [-0.1, -0.05) is 47.5 Å². The molecule has 1 unspecified atom stereocenters.